The minimum atomic E-state index is -1.16. The highest BCUT2D eigenvalue weighted by Crippen LogP contribution is 2.24. The number of anilines is 1. The monoisotopic (exact) mass is 353 g/mol. The Morgan fingerprint density at radius 3 is 2.46 bits per heavy atom. The van der Waals surface area contributed by atoms with Gasteiger partial charge in [-0.1, -0.05) is 12.1 Å². The van der Waals surface area contributed by atoms with Crippen LogP contribution in [0, 0.1) is 6.92 Å². The van der Waals surface area contributed by atoms with Crippen LogP contribution in [0.3, 0.4) is 0 Å². The van der Waals surface area contributed by atoms with Crippen LogP contribution >= 0.6 is 0 Å². The summed E-state index contributed by atoms with van der Waals surface area (Å²) in [6, 6.07) is 7.96. The molecule has 7 heteroatoms. The van der Waals surface area contributed by atoms with Gasteiger partial charge >= 0.3 is 5.97 Å². The Balaban J connectivity index is 1.85. The number of benzene rings is 1. The van der Waals surface area contributed by atoms with Crippen molar-refractivity contribution in [1.29, 1.82) is 0 Å². The highest BCUT2D eigenvalue weighted by molar-refractivity contribution is 6.09. The molecule has 0 bridgehead atoms. The standard InChI is InChI=1S/C19H19N3O4/c1-12-5-4-6-14(16(12)18(24)22-9-2-3-10-22)21-17(23)13-7-8-15(19(25)26)20-11-13/h4-8,11H,2-3,9-10H2,1H3,(H,21,23)(H,25,26). The molecule has 2 aromatic rings. The summed E-state index contributed by atoms with van der Waals surface area (Å²) in [5, 5.41) is 11.6. The number of rotatable bonds is 4. The second-order valence-corrected chi connectivity index (χ2v) is 6.19. The third kappa shape index (κ3) is 3.56. The van der Waals surface area contributed by atoms with Gasteiger partial charge < -0.3 is 15.3 Å². The quantitative estimate of drug-likeness (QED) is 0.880. The van der Waals surface area contributed by atoms with Crippen molar-refractivity contribution in [3.8, 4) is 0 Å². The maximum atomic E-state index is 12.8. The molecule has 0 atom stereocenters. The van der Waals surface area contributed by atoms with Crippen LogP contribution in [0.4, 0.5) is 5.69 Å². The summed E-state index contributed by atoms with van der Waals surface area (Å²) in [5.74, 6) is -1.69. The van der Waals surface area contributed by atoms with E-state index in [0.29, 0.717) is 11.3 Å². The highest BCUT2D eigenvalue weighted by atomic mass is 16.4. The third-order valence-corrected chi connectivity index (χ3v) is 4.37. The molecule has 7 nitrogen and oxygen atoms in total. The van der Waals surface area contributed by atoms with Crippen molar-refractivity contribution in [2.45, 2.75) is 19.8 Å². The van der Waals surface area contributed by atoms with Gasteiger partial charge in [-0.15, -0.1) is 0 Å². The summed E-state index contributed by atoms with van der Waals surface area (Å²) in [6.45, 7) is 3.28. The van der Waals surface area contributed by atoms with Crippen molar-refractivity contribution in [2.75, 3.05) is 18.4 Å². The number of pyridine rings is 1. The normalized spacial score (nSPS) is 13.5. The second-order valence-electron chi connectivity index (χ2n) is 6.19. The van der Waals surface area contributed by atoms with Crippen LogP contribution in [0.25, 0.3) is 0 Å². The van der Waals surface area contributed by atoms with Crippen molar-refractivity contribution in [2.24, 2.45) is 0 Å². The van der Waals surface area contributed by atoms with Crippen LogP contribution < -0.4 is 5.32 Å². The van der Waals surface area contributed by atoms with Gasteiger partial charge in [0.2, 0.25) is 0 Å². The number of nitrogens with zero attached hydrogens (tertiary/aromatic N) is 2. The fourth-order valence-electron chi connectivity index (χ4n) is 2.98. The zero-order valence-electron chi connectivity index (χ0n) is 14.4. The SMILES string of the molecule is Cc1cccc(NC(=O)c2ccc(C(=O)O)nc2)c1C(=O)N1CCCC1. The summed E-state index contributed by atoms with van der Waals surface area (Å²) < 4.78 is 0. The van der Waals surface area contributed by atoms with Gasteiger partial charge in [0.25, 0.3) is 11.8 Å². The van der Waals surface area contributed by atoms with E-state index in [2.05, 4.69) is 10.3 Å². The fourth-order valence-corrected chi connectivity index (χ4v) is 2.98. The lowest BCUT2D eigenvalue weighted by molar-refractivity contribution is 0.0689. The number of hydrogen-bond acceptors (Lipinski definition) is 4. The summed E-state index contributed by atoms with van der Waals surface area (Å²) >= 11 is 0. The van der Waals surface area contributed by atoms with Gasteiger partial charge in [-0.2, -0.15) is 0 Å². The van der Waals surface area contributed by atoms with Crippen molar-refractivity contribution < 1.29 is 19.5 Å². The molecule has 0 saturated carbocycles. The number of aryl methyl sites for hydroxylation is 1. The van der Waals surface area contributed by atoms with E-state index < -0.39 is 11.9 Å². The van der Waals surface area contributed by atoms with E-state index in [9.17, 15) is 14.4 Å². The number of aromatic carboxylic acids is 1. The largest absolute Gasteiger partial charge is 0.477 e. The van der Waals surface area contributed by atoms with E-state index in [1.54, 1.807) is 17.0 Å². The molecule has 0 unspecified atom stereocenters. The van der Waals surface area contributed by atoms with Gasteiger partial charge in [-0.05, 0) is 43.5 Å². The minimum absolute atomic E-state index is 0.0877. The maximum Gasteiger partial charge on any atom is 0.354 e. The third-order valence-electron chi connectivity index (χ3n) is 4.37. The van der Waals surface area contributed by atoms with E-state index in [0.717, 1.165) is 31.5 Å². The van der Waals surface area contributed by atoms with Gasteiger partial charge in [-0.3, -0.25) is 9.59 Å². The molecular formula is C19H19N3O4. The highest BCUT2D eigenvalue weighted by Gasteiger charge is 2.24. The van der Waals surface area contributed by atoms with E-state index in [1.165, 1.54) is 18.3 Å². The van der Waals surface area contributed by atoms with E-state index in [1.807, 2.05) is 13.0 Å². The van der Waals surface area contributed by atoms with E-state index in [-0.39, 0.29) is 17.2 Å². The van der Waals surface area contributed by atoms with Gasteiger partial charge in [0.05, 0.1) is 16.8 Å². The van der Waals surface area contributed by atoms with Crippen molar-refractivity contribution >= 4 is 23.5 Å². The lowest BCUT2D eigenvalue weighted by Crippen LogP contribution is -2.29. The van der Waals surface area contributed by atoms with Crippen molar-refractivity contribution in [3.63, 3.8) is 0 Å². The molecule has 1 aliphatic rings. The Labute approximate surface area is 150 Å². The van der Waals surface area contributed by atoms with Crippen LogP contribution in [0.15, 0.2) is 36.5 Å². The number of aromatic nitrogens is 1. The van der Waals surface area contributed by atoms with Gasteiger partial charge in [0, 0.05) is 19.3 Å². The molecule has 1 fully saturated rings. The van der Waals surface area contributed by atoms with Gasteiger partial charge in [0.1, 0.15) is 5.69 Å². The molecule has 2 heterocycles. The molecule has 1 aromatic heterocycles. The number of hydrogen-bond donors (Lipinski definition) is 2. The number of nitrogens with one attached hydrogen (secondary N) is 1. The Bertz CT molecular complexity index is 856. The Morgan fingerprint density at radius 2 is 1.85 bits per heavy atom. The zero-order valence-corrected chi connectivity index (χ0v) is 14.4. The topological polar surface area (TPSA) is 99.6 Å². The molecule has 1 saturated heterocycles. The molecule has 2 N–H and O–H groups in total. The zero-order chi connectivity index (χ0) is 18.7. The number of carboxylic acid groups (broad SMARTS) is 1. The molecular weight excluding hydrogens is 334 g/mol. The number of carbonyl (C=O) groups excluding carboxylic acids is 2. The Morgan fingerprint density at radius 1 is 1.12 bits per heavy atom. The predicted octanol–water partition coefficient (Wildman–Crippen LogP) is 2.58. The second kappa shape index (κ2) is 7.35. The molecule has 0 radical (unpaired) electrons. The molecule has 0 spiro atoms. The van der Waals surface area contributed by atoms with Crippen LogP contribution in [0.5, 0.6) is 0 Å². The van der Waals surface area contributed by atoms with Crippen LogP contribution in [-0.2, 0) is 0 Å². The first-order chi connectivity index (χ1) is 12.5. The maximum absolute atomic E-state index is 12.8. The molecule has 3 rings (SSSR count). The molecule has 1 aliphatic heterocycles. The summed E-state index contributed by atoms with van der Waals surface area (Å²) in [5.41, 5.74) is 1.80. The molecule has 134 valence electrons. The van der Waals surface area contributed by atoms with Gasteiger partial charge in [0.15, 0.2) is 0 Å². The van der Waals surface area contributed by atoms with Gasteiger partial charge in [-0.25, -0.2) is 9.78 Å². The van der Waals surface area contributed by atoms with E-state index in [4.69, 9.17) is 5.11 Å². The first kappa shape index (κ1) is 17.6. The lowest BCUT2D eigenvalue weighted by Gasteiger charge is -2.19. The van der Waals surface area contributed by atoms with Crippen LogP contribution in [0.2, 0.25) is 0 Å². The summed E-state index contributed by atoms with van der Waals surface area (Å²) in [7, 11) is 0. The average Bonchev–Trinajstić information content (AvgIpc) is 3.16. The molecule has 2 amide bonds. The van der Waals surface area contributed by atoms with Crippen molar-refractivity contribution in [3.05, 3.63) is 58.9 Å². The molecule has 1 aromatic carbocycles. The first-order valence-electron chi connectivity index (χ1n) is 8.37. The molecule has 26 heavy (non-hydrogen) atoms. The number of likely N-dealkylation sites (tertiary alicyclic amines) is 1. The lowest BCUT2D eigenvalue weighted by atomic mass is 10.0. The smallest absolute Gasteiger partial charge is 0.354 e. The summed E-state index contributed by atoms with van der Waals surface area (Å²) in [6.07, 6.45) is 3.18. The first-order valence-corrected chi connectivity index (χ1v) is 8.37. The average molecular weight is 353 g/mol. The fraction of sp³-hybridized carbons (Fsp3) is 0.263. The summed E-state index contributed by atoms with van der Waals surface area (Å²) in [4.78, 5) is 41.7. The van der Waals surface area contributed by atoms with Crippen LogP contribution in [-0.4, -0.2) is 45.9 Å². The predicted molar refractivity (Wildman–Crippen MR) is 95.5 cm³/mol. The molecule has 0 aliphatic carbocycles. The van der Waals surface area contributed by atoms with Crippen LogP contribution in [0.1, 0.15) is 49.6 Å². The van der Waals surface area contributed by atoms with Crippen molar-refractivity contribution in [1.82, 2.24) is 9.88 Å². The number of carbonyl (C=O) groups is 3. The Kier molecular flexibility index (Phi) is 4.97. The number of amides is 2. The van der Waals surface area contributed by atoms with E-state index >= 15 is 0 Å². The number of carboxylic acids is 1. The Hall–Kier alpha value is -3.22. The minimum Gasteiger partial charge on any atom is -0.477 e.